The third-order valence-electron chi connectivity index (χ3n) is 4.47. The van der Waals surface area contributed by atoms with E-state index in [4.69, 9.17) is 4.42 Å². The minimum absolute atomic E-state index is 0.212. The van der Waals surface area contributed by atoms with Crippen molar-refractivity contribution in [1.82, 2.24) is 14.9 Å². The molecular formula is C18H22N4O3. The van der Waals surface area contributed by atoms with Crippen molar-refractivity contribution in [3.05, 3.63) is 42.4 Å². The highest BCUT2D eigenvalue weighted by atomic mass is 16.3. The zero-order valence-corrected chi connectivity index (χ0v) is 14.4. The van der Waals surface area contributed by atoms with Crippen molar-refractivity contribution in [3.8, 4) is 0 Å². The first-order chi connectivity index (χ1) is 12.1. The number of amides is 2. The van der Waals surface area contributed by atoms with Crippen molar-refractivity contribution in [3.63, 3.8) is 0 Å². The lowest BCUT2D eigenvalue weighted by Gasteiger charge is -2.36. The van der Waals surface area contributed by atoms with Crippen LogP contribution in [-0.4, -0.2) is 33.2 Å². The number of nitrogens with zero attached hydrogens (tertiary/aromatic N) is 3. The van der Waals surface area contributed by atoms with E-state index in [1.165, 1.54) is 12.4 Å². The van der Waals surface area contributed by atoms with Crippen LogP contribution >= 0.6 is 0 Å². The molecule has 1 fully saturated rings. The maximum absolute atomic E-state index is 12.7. The van der Waals surface area contributed by atoms with E-state index in [1.54, 1.807) is 17.2 Å². The van der Waals surface area contributed by atoms with Gasteiger partial charge in [-0.25, -0.2) is 9.97 Å². The summed E-state index contributed by atoms with van der Waals surface area (Å²) < 4.78 is 5.48. The molecule has 0 bridgehead atoms. The summed E-state index contributed by atoms with van der Waals surface area (Å²) in [7, 11) is 0. The van der Waals surface area contributed by atoms with Crippen LogP contribution in [0.3, 0.4) is 0 Å². The highest BCUT2D eigenvalue weighted by molar-refractivity contribution is 6.39. The highest BCUT2D eigenvalue weighted by Gasteiger charge is 2.35. The summed E-state index contributed by atoms with van der Waals surface area (Å²) in [5, 5.41) is 2.58. The Morgan fingerprint density at radius 3 is 2.76 bits per heavy atom. The third kappa shape index (κ3) is 3.87. The number of nitrogens with one attached hydrogen (secondary N) is 1. The van der Waals surface area contributed by atoms with Gasteiger partial charge < -0.3 is 14.6 Å². The number of aryl methyl sites for hydroxylation is 1. The quantitative estimate of drug-likeness (QED) is 0.866. The van der Waals surface area contributed by atoms with E-state index in [0.717, 1.165) is 12.8 Å². The van der Waals surface area contributed by atoms with Crippen LogP contribution in [0.15, 0.2) is 35.2 Å². The number of carbonyl (C=O) groups excluding carboxylic acids is 2. The Labute approximate surface area is 146 Å². The van der Waals surface area contributed by atoms with Gasteiger partial charge in [0.2, 0.25) is 0 Å². The van der Waals surface area contributed by atoms with Crippen LogP contribution in [0.5, 0.6) is 0 Å². The summed E-state index contributed by atoms with van der Waals surface area (Å²) in [4.78, 5) is 34.9. The zero-order valence-electron chi connectivity index (χ0n) is 14.4. The third-order valence-corrected chi connectivity index (χ3v) is 4.47. The second-order valence-electron chi connectivity index (χ2n) is 6.35. The minimum atomic E-state index is -0.682. The number of hydrogen-bond acceptors (Lipinski definition) is 5. The number of furan rings is 1. The molecule has 2 atom stereocenters. The number of anilines is 1. The molecule has 7 heteroatoms. The van der Waals surface area contributed by atoms with Gasteiger partial charge in [-0.3, -0.25) is 9.59 Å². The molecule has 0 unspecified atom stereocenters. The van der Waals surface area contributed by atoms with Gasteiger partial charge in [-0.1, -0.05) is 13.8 Å². The van der Waals surface area contributed by atoms with E-state index >= 15 is 0 Å². The Hall–Kier alpha value is -2.70. The molecule has 0 aromatic carbocycles. The van der Waals surface area contributed by atoms with Crippen LogP contribution in [-0.2, 0) is 16.0 Å². The van der Waals surface area contributed by atoms with Crippen molar-refractivity contribution in [2.45, 2.75) is 39.2 Å². The molecule has 2 aromatic heterocycles. The van der Waals surface area contributed by atoms with Crippen LogP contribution in [0.25, 0.3) is 0 Å². The molecule has 3 heterocycles. The number of carbonyl (C=O) groups is 2. The van der Waals surface area contributed by atoms with Gasteiger partial charge in [0.1, 0.15) is 11.6 Å². The predicted octanol–water partition coefficient (Wildman–Crippen LogP) is 2.57. The molecule has 7 nitrogen and oxygen atoms in total. The van der Waals surface area contributed by atoms with Gasteiger partial charge in [0.15, 0.2) is 0 Å². The smallest absolute Gasteiger partial charge is 0.314 e. The summed E-state index contributed by atoms with van der Waals surface area (Å²) in [5.41, 5.74) is 0.412. The summed E-state index contributed by atoms with van der Waals surface area (Å²) in [5.74, 6) is 0.625. The van der Waals surface area contributed by atoms with Crippen molar-refractivity contribution in [2.75, 3.05) is 11.9 Å². The molecule has 2 aromatic rings. The fourth-order valence-corrected chi connectivity index (χ4v) is 3.05. The molecule has 1 N–H and O–H groups in total. The predicted molar refractivity (Wildman–Crippen MR) is 91.6 cm³/mol. The lowest BCUT2D eigenvalue weighted by atomic mass is 9.91. The van der Waals surface area contributed by atoms with Crippen molar-refractivity contribution >= 4 is 17.5 Å². The first kappa shape index (κ1) is 17.1. The molecule has 25 heavy (non-hydrogen) atoms. The monoisotopic (exact) mass is 342 g/mol. The molecule has 1 aliphatic rings. The average molecular weight is 342 g/mol. The Balaban J connectivity index is 1.72. The van der Waals surface area contributed by atoms with E-state index < -0.39 is 11.8 Å². The Morgan fingerprint density at radius 1 is 1.36 bits per heavy atom. The molecular weight excluding hydrogens is 320 g/mol. The number of likely N-dealkylation sites (tertiary alicyclic amines) is 1. The lowest BCUT2D eigenvalue weighted by molar-refractivity contribution is -0.146. The van der Waals surface area contributed by atoms with E-state index in [-0.39, 0.29) is 6.04 Å². The average Bonchev–Trinajstić information content (AvgIpc) is 3.16. The minimum Gasteiger partial charge on any atom is -0.467 e. The molecule has 0 spiro atoms. The SMILES string of the molecule is CCc1ncc(NC(=O)C(=O)N2CC[C@@H](C)C[C@H]2c2ccco2)cn1. The number of rotatable bonds is 3. The zero-order chi connectivity index (χ0) is 17.8. The number of aromatic nitrogens is 2. The van der Waals surface area contributed by atoms with Crippen LogP contribution in [0.4, 0.5) is 5.69 Å². The van der Waals surface area contributed by atoms with Crippen LogP contribution in [0.2, 0.25) is 0 Å². The van der Waals surface area contributed by atoms with Gasteiger partial charge in [-0.05, 0) is 30.9 Å². The Bertz CT molecular complexity index is 727. The first-order valence-corrected chi connectivity index (χ1v) is 8.54. The second kappa shape index (κ2) is 7.46. The van der Waals surface area contributed by atoms with Gasteiger partial charge >= 0.3 is 11.8 Å². The lowest BCUT2D eigenvalue weighted by Crippen LogP contribution is -2.45. The van der Waals surface area contributed by atoms with Crippen LogP contribution in [0, 0.1) is 5.92 Å². The fourth-order valence-electron chi connectivity index (χ4n) is 3.05. The van der Waals surface area contributed by atoms with E-state index in [9.17, 15) is 9.59 Å². The highest BCUT2D eigenvalue weighted by Crippen LogP contribution is 2.34. The standard InChI is InChI=1S/C18H22N4O3/c1-3-16-19-10-13(11-20-16)21-17(23)18(24)22-7-6-12(2)9-14(22)15-5-4-8-25-15/h4-5,8,10-12,14H,3,6-7,9H2,1-2H3,(H,21,23)/t12-,14+/m1/s1. The molecule has 0 aliphatic carbocycles. The maximum atomic E-state index is 12.7. The molecule has 0 saturated carbocycles. The van der Waals surface area contributed by atoms with Gasteiger partial charge in [0.25, 0.3) is 0 Å². The van der Waals surface area contributed by atoms with Gasteiger partial charge in [0, 0.05) is 13.0 Å². The largest absolute Gasteiger partial charge is 0.467 e. The van der Waals surface area contributed by atoms with Crippen molar-refractivity contribution in [1.29, 1.82) is 0 Å². The molecule has 2 amide bonds. The van der Waals surface area contributed by atoms with E-state index in [1.807, 2.05) is 13.0 Å². The van der Waals surface area contributed by atoms with Crippen molar-refractivity contribution < 1.29 is 14.0 Å². The van der Waals surface area contributed by atoms with Gasteiger partial charge in [0.05, 0.1) is 30.4 Å². The van der Waals surface area contributed by atoms with Crippen LogP contribution < -0.4 is 5.32 Å². The number of hydrogen-bond donors (Lipinski definition) is 1. The van der Waals surface area contributed by atoms with Crippen molar-refractivity contribution in [2.24, 2.45) is 5.92 Å². The summed E-state index contributed by atoms with van der Waals surface area (Å²) in [6.07, 6.45) is 6.97. The Morgan fingerprint density at radius 2 is 2.12 bits per heavy atom. The molecule has 0 radical (unpaired) electrons. The fraction of sp³-hybridized carbons (Fsp3) is 0.444. The van der Waals surface area contributed by atoms with Gasteiger partial charge in [-0.2, -0.15) is 0 Å². The van der Waals surface area contributed by atoms with E-state index in [2.05, 4.69) is 22.2 Å². The molecule has 3 rings (SSSR count). The summed E-state index contributed by atoms with van der Waals surface area (Å²) in [6, 6.07) is 3.43. The second-order valence-corrected chi connectivity index (χ2v) is 6.35. The summed E-state index contributed by atoms with van der Waals surface area (Å²) >= 11 is 0. The summed E-state index contributed by atoms with van der Waals surface area (Å²) in [6.45, 7) is 4.62. The molecule has 1 aliphatic heterocycles. The van der Waals surface area contributed by atoms with E-state index in [0.29, 0.717) is 36.2 Å². The number of piperidine rings is 1. The maximum Gasteiger partial charge on any atom is 0.314 e. The first-order valence-electron chi connectivity index (χ1n) is 8.54. The Kier molecular flexibility index (Phi) is 5.11. The molecule has 132 valence electrons. The molecule has 1 saturated heterocycles. The topological polar surface area (TPSA) is 88.3 Å². The van der Waals surface area contributed by atoms with Crippen LogP contribution in [0.1, 0.15) is 44.3 Å². The van der Waals surface area contributed by atoms with Gasteiger partial charge in [-0.15, -0.1) is 0 Å². The normalized spacial score (nSPS) is 20.3.